The third-order valence-corrected chi connectivity index (χ3v) is 7.99. The molecule has 9 heteroatoms. The zero-order valence-corrected chi connectivity index (χ0v) is 20.5. The Morgan fingerprint density at radius 1 is 1.24 bits per heavy atom. The molecule has 1 saturated carbocycles. The van der Waals surface area contributed by atoms with E-state index in [4.69, 9.17) is 11.6 Å². The molecule has 2 fully saturated rings. The molecule has 1 saturated heterocycles. The van der Waals surface area contributed by atoms with Gasteiger partial charge in [-0.3, -0.25) is 9.69 Å². The van der Waals surface area contributed by atoms with Gasteiger partial charge in [-0.25, -0.2) is 4.98 Å². The molecular formula is C24H29ClF3N3OS. The van der Waals surface area contributed by atoms with Crippen molar-refractivity contribution in [3.63, 3.8) is 0 Å². The number of amides is 1. The van der Waals surface area contributed by atoms with Crippen molar-refractivity contribution in [2.24, 2.45) is 5.92 Å². The van der Waals surface area contributed by atoms with Gasteiger partial charge in [-0.2, -0.15) is 13.2 Å². The van der Waals surface area contributed by atoms with Crippen molar-refractivity contribution in [2.75, 3.05) is 26.2 Å². The Hall–Kier alpha value is -1.64. The molecule has 0 N–H and O–H groups in total. The smallest absolute Gasteiger partial charge is 0.338 e. The van der Waals surface area contributed by atoms with Gasteiger partial charge in [-0.05, 0) is 69.7 Å². The molecule has 0 unspecified atom stereocenters. The maximum Gasteiger partial charge on any atom is 0.416 e. The number of hydrogen-bond acceptors (Lipinski definition) is 4. The molecule has 180 valence electrons. The Balaban J connectivity index is 1.46. The quantitative estimate of drug-likeness (QED) is 0.435. The van der Waals surface area contributed by atoms with Crippen LogP contribution in [0.3, 0.4) is 0 Å². The first-order chi connectivity index (χ1) is 15.7. The lowest BCUT2D eigenvalue weighted by Gasteiger charge is -2.38. The van der Waals surface area contributed by atoms with Crippen LogP contribution < -0.4 is 0 Å². The number of rotatable bonds is 7. The number of carbonyl (C=O) groups excluding carboxylic acids is 1. The fraction of sp³-hybridized carbons (Fsp3) is 0.583. The molecule has 0 atom stereocenters. The van der Waals surface area contributed by atoms with Crippen LogP contribution in [-0.4, -0.2) is 52.9 Å². The van der Waals surface area contributed by atoms with E-state index in [0.29, 0.717) is 34.7 Å². The molecule has 4 nitrogen and oxygen atoms in total. The van der Waals surface area contributed by atoms with Gasteiger partial charge in [0.15, 0.2) is 0 Å². The average Bonchev–Trinajstić information content (AvgIpc) is 3.51. The Bertz CT molecular complexity index is 997. The highest BCUT2D eigenvalue weighted by molar-refractivity contribution is 7.17. The fourth-order valence-corrected chi connectivity index (χ4v) is 5.82. The van der Waals surface area contributed by atoms with Crippen molar-refractivity contribution in [3.8, 4) is 10.6 Å². The summed E-state index contributed by atoms with van der Waals surface area (Å²) >= 11 is 7.30. The van der Waals surface area contributed by atoms with E-state index in [2.05, 4.69) is 16.8 Å². The summed E-state index contributed by atoms with van der Waals surface area (Å²) in [6, 6.07) is 3.69. The zero-order chi connectivity index (χ0) is 23.8. The van der Waals surface area contributed by atoms with Gasteiger partial charge in [0.25, 0.3) is 5.91 Å². The molecule has 33 heavy (non-hydrogen) atoms. The number of carbonyl (C=O) groups is 1. The first-order valence-corrected chi connectivity index (χ1v) is 12.7. The van der Waals surface area contributed by atoms with E-state index >= 15 is 0 Å². The Kier molecular flexibility index (Phi) is 7.36. The normalized spacial score (nSPS) is 17.7. The van der Waals surface area contributed by atoms with Gasteiger partial charge in [0.2, 0.25) is 0 Å². The van der Waals surface area contributed by atoms with Gasteiger partial charge in [-0.15, -0.1) is 11.3 Å². The van der Waals surface area contributed by atoms with E-state index < -0.39 is 11.7 Å². The van der Waals surface area contributed by atoms with Gasteiger partial charge < -0.3 is 4.90 Å². The predicted molar refractivity (Wildman–Crippen MR) is 126 cm³/mol. The molecule has 1 amide bonds. The first-order valence-electron chi connectivity index (χ1n) is 11.5. The van der Waals surface area contributed by atoms with Gasteiger partial charge in [0.1, 0.15) is 9.88 Å². The number of aromatic nitrogens is 1. The second kappa shape index (κ2) is 9.92. The second-order valence-electron chi connectivity index (χ2n) is 9.09. The standard InChI is InChI=1S/C24H29ClF3N3OS/c1-3-10-31(14-16-4-5-16)18-8-11-30(12-9-18)23(32)21-15(2)29-22(33-21)19-13-17(24(26,27)28)6-7-20(19)25/h6-7,13,16,18H,3-5,8-12,14H2,1-2H3. The minimum Gasteiger partial charge on any atom is -0.338 e. The number of piperidine rings is 1. The molecule has 2 aliphatic rings. The van der Waals surface area contributed by atoms with E-state index in [1.54, 1.807) is 6.92 Å². The van der Waals surface area contributed by atoms with Crippen molar-refractivity contribution in [1.29, 1.82) is 0 Å². The lowest BCUT2D eigenvalue weighted by Crippen LogP contribution is -2.47. The van der Waals surface area contributed by atoms with Crippen LogP contribution >= 0.6 is 22.9 Å². The summed E-state index contributed by atoms with van der Waals surface area (Å²) < 4.78 is 39.5. The molecule has 1 aromatic carbocycles. The van der Waals surface area contributed by atoms with Crippen LogP contribution in [0.4, 0.5) is 13.2 Å². The monoisotopic (exact) mass is 499 g/mol. The summed E-state index contributed by atoms with van der Waals surface area (Å²) in [4.78, 5) is 22.6. The topological polar surface area (TPSA) is 36.4 Å². The van der Waals surface area contributed by atoms with Crippen LogP contribution in [0.15, 0.2) is 18.2 Å². The maximum atomic E-state index is 13.2. The number of thiazole rings is 1. The molecule has 0 bridgehead atoms. The summed E-state index contributed by atoms with van der Waals surface area (Å²) in [6.45, 7) is 7.57. The Labute approximate surface area is 201 Å². The van der Waals surface area contributed by atoms with Gasteiger partial charge in [-0.1, -0.05) is 18.5 Å². The number of likely N-dealkylation sites (tertiary alicyclic amines) is 1. The van der Waals surface area contributed by atoms with E-state index in [9.17, 15) is 18.0 Å². The van der Waals surface area contributed by atoms with E-state index in [1.807, 2.05) is 4.90 Å². The summed E-state index contributed by atoms with van der Waals surface area (Å²) in [6.07, 6.45) is 1.22. The molecular weight excluding hydrogens is 471 g/mol. The van der Waals surface area contributed by atoms with Crippen LogP contribution in [-0.2, 0) is 6.18 Å². The molecule has 0 radical (unpaired) electrons. The summed E-state index contributed by atoms with van der Waals surface area (Å²) in [7, 11) is 0. The van der Waals surface area contributed by atoms with Crippen LogP contribution in [0.2, 0.25) is 5.02 Å². The Morgan fingerprint density at radius 2 is 1.94 bits per heavy atom. The summed E-state index contributed by atoms with van der Waals surface area (Å²) in [5.41, 5.74) is -0.0582. The lowest BCUT2D eigenvalue weighted by atomic mass is 10.0. The number of alkyl halides is 3. The lowest BCUT2D eigenvalue weighted by molar-refractivity contribution is -0.137. The maximum absolute atomic E-state index is 13.2. The SMILES string of the molecule is CCCN(CC1CC1)C1CCN(C(=O)c2sc(-c3cc(C(F)(F)F)ccc3Cl)nc2C)CC1. The van der Waals surface area contributed by atoms with Gasteiger partial charge in [0.05, 0.1) is 16.3 Å². The highest BCUT2D eigenvalue weighted by Gasteiger charge is 2.33. The minimum atomic E-state index is -4.47. The Morgan fingerprint density at radius 3 is 2.55 bits per heavy atom. The largest absolute Gasteiger partial charge is 0.416 e. The van der Waals surface area contributed by atoms with E-state index in [0.717, 1.165) is 55.2 Å². The van der Waals surface area contributed by atoms with E-state index in [1.165, 1.54) is 25.5 Å². The van der Waals surface area contributed by atoms with Gasteiger partial charge in [0, 0.05) is 31.2 Å². The zero-order valence-electron chi connectivity index (χ0n) is 18.9. The van der Waals surface area contributed by atoms with Crippen molar-refractivity contribution in [2.45, 2.75) is 58.2 Å². The average molecular weight is 500 g/mol. The van der Waals surface area contributed by atoms with Crippen molar-refractivity contribution >= 4 is 28.8 Å². The minimum absolute atomic E-state index is 0.0953. The number of benzene rings is 1. The molecule has 1 aliphatic carbocycles. The highest BCUT2D eigenvalue weighted by atomic mass is 35.5. The predicted octanol–water partition coefficient (Wildman–Crippen LogP) is 6.52. The van der Waals surface area contributed by atoms with Crippen molar-refractivity contribution in [3.05, 3.63) is 39.4 Å². The molecule has 2 heterocycles. The summed E-state index contributed by atoms with van der Waals surface area (Å²) in [5.74, 6) is 0.749. The third-order valence-electron chi connectivity index (χ3n) is 6.48. The van der Waals surface area contributed by atoms with Crippen LogP contribution in [0.25, 0.3) is 10.6 Å². The molecule has 0 spiro atoms. The number of halogens is 4. The number of aryl methyl sites for hydroxylation is 1. The molecule has 1 aliphatic heterocycles. The second-order valence-corrected chi connectivity index (χ2v) is 10.5. The molecule has 1 aromatic heterocycles. The number of nitrogens with zero attached hydrogens (tertiary/aromatic N) is 3. The van der Waals surface area contributed by atoms with Crippen LogP contribution in [0.1, 0.15) is 60.0 Å². The van der Waals surface area contributed by atoms with Crippen molar-refractivity contribution in [1.82, 2.24) is 14.8 Å². The van der Waals surface area contributed by atoms with Crippen LogP contribution in [0, 0.1) is 12.8 Å². The van der Waals surface area contributed by atoms with Crippen LogP contribution in [0.5, 0.6) is 0 Å². The number of hydrogen-bond donors (Lipinski definition) is 0. The summed E-state index contributed by atoms with van der Waals surface area (Å²) in [5, 5.41) is 0.517. The van der Waals surface area contributed by atoms with Gasteiger partial charge >= 0.3 is 6.18 Å². The fourth-order valence-electron chi connectivity index (χ4n) is 4.50. The van der Waals surface area contributed by atoms with E-state index in [-0.39, 0.29) is 16.5 Å². The molecule has 4 rings (SSSR count). The molecule has 2 aromatic rings. The van der Waals surface area contributed by atoms with Crippen molar-refractivity contribution < 1.29 is 18.0 Å². The third kappa shape index (κ3) is 5.72. The highest BCUT2D eigenvalue weighted by Crippen LogP contribution is 2.38. The first kappa shape index (κ1) is 24.5.